The van der Waals surface area contributed by atoms with Crippen molar-refractivity contribution in [3.05, 3.63) is 53.2 Å². The molecule has 30 heavy (non-hydrogen) atoms. The number of benzene rings is 1. The molecule has 1 fully saturated rings. The summed E-state index contributed by atoms with van der Waals surface area (Å²) in [7, 11) is 0. The third kappa shape index (κ3) is 3.81. The monoisotopic (exact) mass is 432 g/mol. The van der Waals surface area contributed by atoms with Crippen LogP contribution in [0.1, 0.15) is 23.5 Å². The van der Waals surface area contributed by atoms with Crippen LogP contribution in [0.3, 0.4) is 0 Å². The number of carbonyl (C=O) groups excluding carboxylic acids is 2. The number of esters is 2. The highest BCUT2D eigenvalue weighted by molar-refractivity contribution is 7.71. The number of nitrogens with one attached hydrogen (secondary N) is 1. The number of hydrogen-bond donors (Lipinski definition) is 1. The molecule has 0 radical (unpaired) electrons. The molecule has 0 saturated carbocycles. The van der Waals surface area contributed by atoms with E-state index < -0.39 is 36.5 Å². The second-order valence-electron chi connectivity index (χ2n) is 6.60. The van der Waals surface area contributed by atoms with Crippen molar-refractivity contribution in [3.8, 4) is 0 Å². The van der Waals surface area contributed by atoms with Gasteiger partial charge in [0, 0.05) is 6.92 Å². The summed E-state index contributed by atoms with van der Waals surface area (Å²) in [6.45, 7) is 0.870. The first kappa shape index (κ1) is 20.1. The van der Waals surface area contributed by atoms with Crippen molar-refractivity contribution in [3.63, 3.8) is 0 Å². The molecule has 4 rings (SSSR count). The van der Waals surface area contributed by atoms with Gasteiger partial charge in [-0.1, -0.05) is 30.4 Å². The maximum absolute atomic E-state index is 15.3. The average Bonchev–Trinajstić information content (AvgIpc) is 3.29. The van der Waals surface area contributed by atoms with Gasteiger partial charge >= 0.3 is 11.9 Å². The van der Waals surface area contributed by atoms with Crippen LogP contribution in [0.2, 0.25) is 0 Å². The van der Waals surface area contributed by atoms with Crippen LogP contribution in [0.4, 0.5) is 4.39 Å². The number of carbonyl (C=O) groups is 2. The second-order valence-corrected chi connectivity index (χ2v) is 6.99. The zero-order chi connectivity index (χ0) is 21.3. The Bertz CT molecular complexity index is 1130. The summed E-state index contributed by atoms with van der Waals surface area (Å²) in [5.74, 6) is -1.27. The number of rotatable bonds is 5. The molecule has 0 unspecified atom stereocenters. The van der Waals surface area contributed by atoms with E-state index in [2.05, 4.69) is 15.0 Å². The molecule has 1 aromatic carbocycles. The zero-order valence-corrected chi connectivity index (χ0v) is 16.5. The topological polar surface area (TPSA) is 108 Å². The number of fused-ring (bicyclic) bond motifs is 1. The van der Waals surface area contributed by atoms with Crippen LogP contribution in [0, 0.1) is 4.64 Å². The normalized spacial score (nSPS) is 23.4. The molecule has 11 heteroatoms. The maximum Gasteiger partial charge on any atom is 0.338 e. The number of aromatic nitrogens is 4. The predicted octanol–water partition coefficient (Wildman–Crippen LogP) is 2.51. The third-order valence-corrected chi connectivity index (χ3v) is 4.91. The van der Waals surface area contributed by atoms with Crippen LogP contribution in [0.25, 0.3) is 11.2 Å². The van der Waals surface area contributed by atoms with E-state index in [1.807, 2.05) is 0 Å². The third-order valence-electron chi connectivity index (χ3n) is 4.61. The van der Waals surface area contributed by atoms with E-state index in [0.717, 1.165) is 0 Å². The first-order chi connectivity index (χ1) is 14.5. The molecule has 2 aromatic heterocycles. The molecule has 0 aliphatic carbocycles. The minimum atomic E-state index is -1.73. The highest BCUT2D eigenvalue weighted by Gasteiger charge is 2.49. The van der Waals surface area contributed by atoms with E-state index in [1.165, 1.54) is 24.1 Å². The Morgan fingerprint density at radius 3 is 2.80 bits per heavy atom. The minimum absolute atomic E-state index is 0.251. The van der Waals surface area contributed by atoms with Crippen LogP contribution in [-0.2, 0) is 19.0 Å². The lowest BCUT2D eigenvalue weighted by molar-refractivity contribution is -0.152. The molecule has 0 amide bonds. The van der Waals surface area contributed by atoms with Crippen LogP contribution >= 0.6 is 12.2 Å². The second kappa shape index (κ2) is 8.28. The highest BCUT2D eigenvalue weighted by atomic mass is 32.1. The summed E-state index contributed by atoms with van der Waals surface area (Å²) in [6, 6.07) is 8.34. The molecular weight excluding hydrogens is 415 g/mol. The van der Waals surface area contributed by atoms with Crippen molar-refractivity contribution in [1.29, 1.82) is 0 Å². The van der Waals surface area contributed by atoms with Gasteiger partial charge in [0.15, 0.2) is 23.1 Å². The Morgan fingerprint density at radius 1 is 1.30 bits per heavy atom. The summed E-state index contributed by atoms with van der Waals surface area (Å²) in [4.78, 5) is 34.7. The van der Waals surface area contributed by atoms with Gasteiger partial charge in [-0.2, -0.15) is 0 Å². The van der Waals surface area contributed by atoms with E-state index >= 15 is 4.39 Å². The van der Waals surface area contributed by atoms with Gasteiger partial charge in [0.05, 0.1) is 18.2 Å². The van der Waals surface area contributed by atoms with Gasteiger partial charge in [-0.25, -0.2) is 19.2 Å². The van der Waals surface area contributed by atoms with Crippen LogP contribution in [0.15, 0.2) is 43.0 Å². The lowest BCUT2D eigenvalue weighted by atomic mass is 10.1. The van der Waals surface area contributed by atoms with Gasteiger partial charge in [-0.15, -0.1) is 0 Å². The molecular formula is C19H17FN4O5S. The molecule has 0 bridgehead atoms. The number of halogens is 1. The van der Waals surface area contributed by atoms with Crippen molar-refractivity contribution >= 4 is 35.3 Å². The van der Waals surface area contributed by atoms with Gasteiger partial charge in [0.25, 0.3) is 0 Å². The Morgan fingerprint density at radius 2 is 2.07 bits per heavy atom. The minimum Gasteiger partial charge on any atom is -0.459 e. The molecule has 9 nitrogen and oxygen atoms in total. The first-order valence-corrected chi connectivity index (χ1v) is 9.45. The van der Waals surface area contributed by atoms with Crippen LogP contribution in [-0.4, -0.2) is 56.4 Å². The lowest BCUT2D eigenvalue weighted by Crippen LogP contribution is -2.36. The van der Waals surface area contributed by atoms with Crippen molar-refractivity contribution < 1.29 is 28.2 Å². The summed E-state index contributed by atoms with van der Waals surface area (Å²) < 4.78 is 33.1. The molecule has 1 aliphatic heterocycles. The molecule has 156 valence electrons. The smallest absolute Gasteiger partial charge is 0.338 e. The maximum atomic E-state index is 15.3. The molecule has 0 spiro atoms. The Labute approximate surface area is 174 Å². The fourth-order valence-electron chi connectivity index (χ4n) is 3.27. The number of ether oxygens (including phenoxy) is 3. The number of H-pyrrole nitrogens is 1. The van der Waals surface area contributed by atoms with Crippen LogP contribution < -0.4 is 0 Å². The first-order valence-electron chi connectivity index (χ1n) is 9.05. The zero-order valence-electron chi connectivity index (χ0n) is 15.7. The van der Waals surface area contributed by atoms with Crippen molar-refractivity contribution in [2.24, 2.45) is 0 Å². The summed E-state index contributed by atoms with van der Waals surface area (Å²) >= 11 is 5.12. The highest BCUT2D eigenvalue weighted by Crippen LogP contribution is 2.35. The largest absolute Gasteiger partial charge is 0.459 e. The van der Waals surface area contributed by atoms with Gasteiger partial charge in [-0.3, -0.25) is 9.36 Å². The van der Waals surface area contributed by atoms with E-state index in [0.29, 0.717) is 16.7 Å². The molecule has 1 aliphatic rings. The fraction of sp³-hybridized carbons (Fsp3) is 0.316. The quantitative estimate of drug-likeness (QED) is 0.484. The Hall–Kier alpha value is -3.18. The Kier molecular flexibility index (Phi) is 5.55. The summed E-state index contributed by atoms with van der Waals surface area (Å²) in [5.41, 5.74) is 1.13. The molecule has 1 saturated heterocycles. The van der Waals surface area contributed by atoms with E-state index in [9.17, 15) is 9.59 Å². The number of imidazole rings is 1. The van der Waals surface area contributed by atoms with E-state index in [1.54, 1.807) is 30.3 Å². The number of alkyl halides is 1. The van der Waals surface area contributed by atoms with E-state index in [4.69, 9.17) is 26.4 Å². The molecule has 4 atom stereocenters. The molecule has 3 aromatic rings. The lowest BCUT2D eigenvalue weighted by Gasteiger charge is -2.18. The average molecular weight is 432 g/mol. The van der Waals surface area contributed by atoms with Crippen molar-refractivity contribution in [2.45, 2.75) is 31.5 Å². The van der Waals surface area contributed by atoms with Gasteiger partial charge in [-0.05, 0) is 12.1 Å². The number of nitrogens with zero attached hydrogens (tertiary/aromatic N) is 3. The van der Waals surface area contributed by atoms with Crippen molar-refractivity contribution in [2.75, 3.05) is 6.61 Å². The summed E-state index contributed by atoms with van der Waals surface area (Å²) in [5, 5.41) is 0. The summed E-state index contributed by atoms with van der Waals surface area (Å²) in [6.07, 6.45) is -2.45. The van der Waals surface area contributed by atoms with Crippen molar-refractivity contribution in [1.82, 2.24) is 19.5 Å². The van der Waals surface area contributed by atoms with Crippen LogP contribution in [0.5, 0.6) is 0 Å². The predicted molar refractivity (Wildman–Crippen MR) is 104 cm³/mol. The van der Waals surface area contributed by atoms with Gasteiger partial charge in [0.2, 0.25) is 0 Å². The number of hydrogen-bond acceptors (Lipinski definition) is 8. The molecule has 3 heterocycles. The van der Waals surface area contributed by atoms with Gasteiger partial charge < -0.3 is 19.2 Å². The fourth-order valence-corrected chi connectivity index (χ4v) is 3.47. The molecule has 1 N–H and O–H groups in total. The van der Waals surface area contributed by atoms with Gasteiger partial charge in [0.1, 0.15) is 23.9 Å². The Balaban J connectivity index is 1.57. The van der Waals surface area contributed by atoms with E-state index in [-0.39, 0.29) is 11.2 Å². The SMILES string of the molecule is CC(=O)O[C@H]1[C@H](F)[C@H](n2cnc3c(=S)nc[nH]c32)O[C@@H]1COC(=O)c1ccccc1. The number of aromatic amines is 1. The standard InChI is InChI=1S/C19H17FN4O5S/c1-10(25)28-15-12(7-27-19(26)11-5-3-2-4-6-11)29-18(13(15)20)24-9-23-14-16(24)21-8-22-17(14)30/h2-6,8-9,12-13,15,18H,7H2,1H3,(H,21,22,30)/t12-,13+,15-,18-/m1/s1.